The normalized spacial score (nSPS) is 10.4. The van der Waals surface area contributed by atoms with Crippen LogP contribution in [0.25, 0.3) is 0 Å². The Labute approximate surface area is 119 Å². The van der Waals surface area contributed by atoms with Crippen molar-refractivity contribution in [1.82, 2.24) is 10.7 Å². The molecule has 108 valence electrons. The highest BCUT2D eigenvalue weighted by molar-refractivity contribution is 5.94. The van der Waals surface area contributed by atoms with Crippen molar-refractivity contribution in [3.05, 3.63) is 35.9 Å². The van der Waals surface area contributed by atoms with Gasteiger partial charge in [0, 0.05) is 24.7 Å². The Hall–Kier alpha value is -2.17. The second kappa shape index (κ2) is 9.72. The Kier molecular flexibility index (Phi) is 7.72. The van der Waals surface area contributed by atoms with Crippen LogP contribution in [0.1, 0.15) is 43.0 Å². The smallest absolute Gasteiger partial charge is 0.251 e. The lowest BCUT2D eigenvalue weighted by Crippen LogP contribution is -2.24. The lowest BCUT2D eigenvalue weighted by Gasteiger charge is -2.05. The molecule has 0 aliphatic carbocycles. The van der Waals surface area contributed by atoms with Gasteiger partial charge in [0.25, 0.3) is 5.91 Å². The van der Waals surface area contributed by atoms with Crippen molar-refractivity contribution < 1.29 is 9.59 Å². The molecule has 0 bridgehead atoms. The summed E-state index contributed by atoms with van der Waals surface area (Å²) >= 11 is 0. The number of rotatable bonds is 8. The van der Waals surface area contributed by atoms with Gasteiger partial charge in [0.2, 0.25) is 5.91 Å². The van der Waals surface area contributed by atoms with Gasteiger partial charge < -0.3 is 5.32 Å². The highest BCUT2D eigenvalue weighted by Crippen LogP contribution is 2.01. The fourth-order valence-corrected chi connectivity index (χ4v) is 1.67. The van der Waals surface area contributed by atoms with Gasteiger partial charge in [0.15, 0.2) is 0 Å². The fraction of sp³-hybridized carbons (Fsp3) is 0.400. The Balaban J connectivity index is 2.05. The summed E-state index contributed by atoms with van der Waals surface area (Å²) in [6.07, 6.45) is 4.56. The van der Waals surface area contributed by atoms with Gasteiger partial charge in [0.1, 0.15) is 0 Å². The molecule has 2 N–H and O–H groups in total. The largest absolute Gasteiger partial charge is 0.352 e. The van der Waals surface area contributed by atoms with Crippen LogP contribution in [0.2, 0.25) is 0 Å². The molecule has 20 heavy (non-hydrogen) atoms. The third-order valence-electron chi connectivity index (χ3n) is 2.72. The maximum absolute atomic E-state index is 11.7. The maximum atomic E-state index is 11.7. The summed E-state index contributed by atoms with van der Waals surface area (Å²) in [4.78, 5) is 22.9. The van der Waals surface area contributed by atoms with Crippen LogP contribution in [-0.4, -0.2) is 24.6 Å². The van der Waals surface area contributed by atoms with Gasteiger partial charge in [0.05, 0.1) is 0 Å². The van der Waals surface area contributed by atoms with Gasteiger partial charge in [-0.1, -0.05) is 24.6 Å². The van der Waals surface area contributed by atoms with Gasteiger partial charge in [-0.15, -0.1) is 0 Å². The average Bonchev–Trinajstić information content (AvgIpc) is 2.49. The number of carbonyl (C=O) groups excluding carboxylic acids is 2. The van der Waals surface area contributed by atoms with Crippen molar-refractivity contribution in [2.45, 2.75) is 32.6 Å². The van der Waals surface area contributed by atoms with Crippen molar-refractivity contribution in [2.75, 3.05) is 6.54 Å². The van der Waals surface area contributed by atoms with E-state index in [0.717, 1.165) is 19.3 Å². The number of hydrogen-bond donors (Lipinski definition) is 2. The molecule has 0 atom stereocenters. The summed E-state index contributed by atoms with van der Waals surface area (Å²) in [5.41, 5.74) is 3.09. The molecular formula is C15H21N3O2. The molecule has 5 nitrogen and oxygen atoms in total. The number of benzene rings is 1. The van der Waals surface area contributed by atoms with Crippen LogP contribution in [0.3, 0.4) is 0 Å². The standard InChI is InChI=1S/C15H21N3O2/c1-2-17-18-14(19)11-7-4-8-12-16-15(20)13-9-5-3-6-10-13/h2-3,5-6,9-10H,4,7-8,11-12H2,1H3,(H,16,20)(H,18,19)/b17-2+. The predicted octanol–water partition coefficient (Wildman–Crippen LogP) is 2.10. The molecule has 2 amide bonds. The van der Waals surface area contributed by atoms with Crippen LogP contribution in [0.5, 0.6) is 0 Å². The quantitative estimate of drug-likeness (QED) is 0.433. The number of nitrogens with one attached hydrogen (secondary N) is 2. The minimum absolute atomic E-state index is 0.0550. The topological polar surface area (TPSA) is 70.6 Å². The van der Waals surface area contributed by atoms with Crippen molar-refractivity contribution >= 4 is 18.0 Å². The lowest BCUT2D eigenvalue weighted by molar-refractivity contribution is -0.121. The number of carbonyl (C=O) groups is 2. The van der Waals surface area contributed by atoms with Gasteiger partial charge in [-0.3, -0.25) is 9.59 Å². The Morgan fingerprint density at radius 2 is 1.90 bits per heavy atom. The zero-order valence-electron chi connectivity index (χ0n) is 11.8. The fourth-order valence-electron chi connectivity index (χ4n) is 1.67. The molecule has 0 heterocycles. The molecule has 1 aromatic rings. The first-order valence-electron chi connectivity index (χ1n) is 6.84. The van der Waals surface area contributed by atoms with E-state index in [9.17, 15) is 9.59 Å². The van der Waals surface area contributed by atoms with Gasteiger partial charge in [-0.2, -0.15) is 5.10 Å². The maximum Gasteiger partial charge on any atom is 0.251 e. The zero-order chi connectivity index (χ0) is 14.6. The van der Waals surface area contributed by atoms with Gasteiger partial charge >= 0.3 is 0 Å². The minimum atomic E-state index is -0.0728. The molecule has 5 heteroatoms. The van der Waals surface area contributed by atoms with Crippen LogP contribution in [-0.2, 0) is 4.79 Å². The summed E-state index contributed by atoms with van der Waals surface area (Å²) in [7, 11) is 0. The van der Waals surface area contributed by atoms with Gasteiger partial charge in [-0.05, 0) is 31.9 Å². The number of hydrazone groups is 1. The molecule has 0 aromatic heterocycles. The highest BCUT2D eigenvalue weighted by atomic mass is 16.2. The molecule has 0 radical (unpaired) electrons. The van der Waals surface area contributed by atoms with Crippen LogP contribution < -0.4 is 10.7 Å². The Morgan fingerprint density at radius 3 is 2.60 bits per heavy atom. The Morgan fingerprint density at radius 1 is 1.15 bits per heavy atom. The molecule has 1 rings (SSSR count). The van der Waals surface area contributed by atoms with Crippen LogP contribution in [0, 0.1) is 0 Å². The molecule has 0 saturated heterocycles. The third kappa shape index (κ3) is 6.68. The van der Waals surface area contributed by atoms with E-state index in [4.69, 9.17) is 0 Å². The molecule has 0 aliphatic heterocycles. The summed E-state index contributed by atoms with van der Waals surface area (Å²) < 4.78 is 0. The number of hydrogen-bond acceptors (Lipinski definition) is 3. The van der Waals surface area contributed by atoms with Crippen LogP contribution in [0.4, 0.5) is 0 Å². The monoisotopic (exact) mass is 275 g/mol. The molecule has 0 aliphatic rings. The third-order valence-corrected chi connectivity index (χ3v) is 2.72. The summed E-state index contributed by atoms with van der Waals surface area (Å²) in [6.45, 7) is 2.37. The summed E-state index contributed by atoms with van der Waals surface area (Å²) in [5.74, 6) is -0.128. The first-order valence-corrected chi connectivity index (χ1v) is 6.84. The second-order valence-electron chi connectivity index (χ2n) is 4.35. The van der Waals surface area contributed by atoms with Gasteiger partial charge in [-0.25, -0.2) is 5.43 Å². The van der Waals surface area contributed by atoms with E-state index in [0.29, 0.717) is 18.5 Å². The van der Waals surface area contributed by atoms with Crippen molar-refractivity contribution in [3.63, 3.8) is 0 Å². The molecular weight excluding hydrogens is 254 g/mol. The first-order chi connectivity index (χ1) is 9.74. The van der Waals surface area contributed by atoms with E-state index < -0.39 is 0 Å². The minimum Gasteiger partial charge on any atom is -0.352 e. The van der Waals surface area contributed by atoms with Crippen molar-refractivity contribution in [1.29, 1.82) is 0 Å². The van der Waals surface area contributed by atoms with E-state index in [1.54, 1.807) is 19.1 Å². The molecule has 1 aromatic carbocycles. The number of amides is 2. The molecule has 0 fully saturated rings. The Bertz CT molecular complexity index is 444. The van der Waals surface area contributed by atoms with Crippen LogP contribution in [0.15, 0.2) is 35.4 Å². The lowest BCUT2D eigenvalue weighted by atomic mass is 10.2. The number of nitrogens with zero attached hydrogens (tertiary/aromatic N) is 1. The van der Waals surface area contributed by atoms with E-state index in [2.05, 4.69) is 15.8 Å². The highest BCUT2D eigenvalue weighted by Gasteiger charge is 2.03. The first kappa shape index (κ1) is 15.9. The van der Waals surface area contributed by atoms with Crippen LogP contribution >= 0.6 is 0 Å². The van der Waals surface area contributed by atoms with E-state index in [-0.39, 0.29) is 11.8 Å². The summed E-state index contributed by atoms with van der Waals surface area (Å²) in [5, 5.41) is 6.52. The number of unbranched alkanes of at least 4 members (excludes halogenated alkanes) is 2. The average molecular weight is 275 g/mol. The van der Waals surface area contributed by atoms with Crippen molar-refractivity contribution in [2.24, 2.45) is 5.10 Å². The van der Waals surface area contributed by atoms with E-state index in [1.807, 2.05) is 18.2 Å². The summed E-state index contributed by atoms with van der Waals surface area (Å²) in [6, 6.07) is 9.13. The SMILES string of the molecule is C/C=N/NC(=O)CCCCCNC(=O)c1ccccc1. The zero-order valence-corrected chi connectivity index (χ0v) is 11.8. The predicted molar refractivity (Wildman–Crippen MR) is 79.6 cm³/mol. The van der Waals surface area contributed by atoms with Crippen molar-refractivity contribution in [3.8, 4) is 0 Å². The molecule has 0 unspecified atom stereocenters. The molecule has 0 saturated carbocycles. The molecule has 0 spiro atoms. The van der Waals surface area contributed by atoms with E-state index in [1.165, 1.54) is 6.21 Å². The van der Waals surface area contributed by atoms with E-state index >= 15 is 0 Å². The second-order valence-corrected chi connectivity index (χ2v) is 4.35.